The van der Waals surface area contributed by atoms with Crippen LogP contribution in [-0.4, -0.2) is 9.97 Å². The van der Waals surface area contributed by atoms with Crippen molar-refractivity contribution in [1.82, 2.24) is 9.97 Å². The molecule has 0 atom stereocenters. The monoisotopic (exact) mass is 286 g/mol. The molecule has 0 bridgehead atoms. The van der Waals surface area contributed by atoms with Crippen molar-refractivity contribution in [3.8, 4) is 11.4 Å². The Kier molecular flexibility index (Phi) is 2.82. The van der Waals surface area contributed by atoms with E-state index in [2.05, 4.69) is 9.97 Å². The van der Waals surface area contributed by atoms with Gasteiger partial charge in [-0.25, -0.2) is 4.98 Å². The van der Waals surface area contributed by atoms with Crippen LogP contribution in [0.25, 0.3) is 11.4 Å². The summed E-state index contributed by atoms with van der Waals surface area (Å²) >= 11 is 5.58. The highest BCUT2D eigenvalue weighted by Gasteiger charge is 2.33. The summed E-state index contributed by atoms with van der Waals surface area (Å²) in [5, 5.41) is -0.301. The number of aromatic amines is 1. The number of benzene rings is 1. The Morgan fingerprint density at radius 1 is 1.26 bits per heavy atom. The normalized spacial score (nSPS) is 15.8. The maximum atomic E-state index is 12.8. The number of hydrogen-bond acceptors (Lipinski definition) is 1. The van der Waals surface area contributed by atoms with E-state index in [1.54, 1.807) is 6.20 Å². The van der Waals surface area contributed by atoms with Crippen LogP contribution >= 0.6 is 11.6 Å². The average molecular weight is 287 g/mol. The Bertz CT molecular complexity index is 615. The van der Waals surface area contributed by atoms with E-state index >= 15 is 0 Å². The standard InChI is InChI=1S/C13H10ClF3N2/c14-10-4-3-8(5-9(10)13(15,16)17)12-18-6-11(19-12)7-1-2-7/h3-7H,1-2H2,(H,18,19). The molecule has 0 saturated heterocycles. The topological polar surface area (TPSA) is 28.7 Å². The summed E-state index contributed by atoms with van der Waals surface area (Å²) in [5.74, 6) is 0.930. The van der Waals surface area contributed by atoms with Crippen molar-refractivity contribution in [1.29, 1.82) is 0 Å². The van der Waals surface area contributed by atoms with Gasteiger partial charge in [0.05, 0.1) is 10.6 Å². The van der Waals surface area contributed by atoms with Gasteiger partial charge in [0.2, 0.25) is 0 Å². The molecule has 2 aromatic rings. The summed E-state index contributed by atoms with van der Waals surface area (Å²) in [6, 6.07) is 3.81. The van der Waals surface area contributed by atoms with Crippen molar-refractivity contribution in [2.75, 3.05) is 0 Å². The zero-order valence-electron chi connectivity index (χ0n) is 9.76. The molecule has 0 aliphatic heterocycles. The molecular formula is C13H10ClF3N2. The number of halogens is 4. The molecule has 1 aromatic carbocycles. The molecule has 3 rings (SSSR count). The van der Waals surface area contributed by atoms with Crippen LogP contribution in [0.15, 0.2) is 24.4 Å². The Balaban J connectivity index is 1.99. The Hall–Kier alpha value is -1.49. The van der Waals surface area contributed by atoms with Gasteiger partial charge in [0.25, 0.3) is 0 Å². The summed E-state index contributed by atoms with van der Waals surface area (Å²) in [6.07, 6.45) is -0.556. The van der Waals surface area contributed by atoms with E-state index in [1.165, 1.54) is 12.1 Å². The van der Waals surface area contributed by atoms with E-state index in [1.807, 2.05) is 0 Å². The van der Waals surface area contributed by atoms with Gasteiger partial charge in [-0.1, -0.05) is 11.6 Å². The van der Waals surface area contributed by atoms with Gasteiger partial charge in [-0.15, -0.1) is 0 Å². The molecule has 0 amide bonds. The highest BCUT2D eigenvalue weighted by Crippen LogP contribution is 2.40. The minimum atomic E-state index is -4.46. The number of rotatable bonds is 2. The van der Waals surface area contributed by atoms with Crippen LogP contribution in [0.5, 0.6) is 0 Å². The molecule has 1 N–H and O–H groups in total. The van der Waals surface area contributed by atoms with Gasteiger partial charge >= 0.3 is 6.18 Å². The number of aromatic nitrogens is 2. The summed E-state index contributed by atoms with van der Waals surface area (Å²) in [6.45, 7) is 0. The fourth-order valence-electron chi connectivity index (χ4n) is 1.97. The van der Waals surface area contributed by atoms with Crippen LogP contribution in [0.2, 0.25) is 5.02 Å². The average Bonchev–Trinajstić information content (AvgIpc) is 3.07. The zero-order valence-corrected chi connectivity index (χ0v) is 10.5. The quantitative estimate of drug-likeness (QED) is 0.857. The Labute approximate surface area is 112 Å². The number of nitrogens with zero attached hydrogens (tertiary/aromatic N) is 1. The van der Waals surface area contributed by atoms with Gasteiger partial charge in [-0.05, 0) is 31.0 Å². The third kappa shape index (κ3) is 2.47. The lowest BCUT2D eigenvalue weighted by Crippen LogP contribution is -2.06. The second-order valence-corrected chi connectivity index (χ2v) is 5.06. The lowest BCUT2D eigenvalue weighted by atomic mass is 10.1. The zero-order chi connectivity index (χ0) is 13.6. The molecule has 1 heterocycles. The molecule has 1 aromatic heterocycles. The predicted octanol–water partition coefficient (Wildman–Crippen LogP) is 4.63. The first-order valence-electron chi connectivity index (χ1n) is 5.87. The second-order valence-electron chi connectivity index (χ2n) is 4.65. The number of imidazole rings is 1. The van der Waals surface area contributed by atoms with E-state index in [4.69, 9.17) is 11.6 Å². The summed E-state index contributed by atoms with van der Waals surface area (Å²) in [4.78, 5) is 7.20. The fourth-order valence-corrected chi connectivity index (χ4v) is 2.20. The lowest BCUT2D eigenvalue weighted by Gasteiger charge is -2.09. The molecule has 0 unspecified atom stereocenters. The molecule has 6 heteroatoms. The number of H-pyrrole nitrogens is 1. The summed E-state index contributed by atoms with van der Waals surface area (Å²) in [7, 11) is 0. The van der Waals surface area contributed by atoms with E-state index in [0.29, 0.717) is 17.3 Å². The molecule has 0 spiro atoms. The third-order valence-corrected chi connectivity index (χ3v) is 3.49. The van der Waals surface area contributed by atoms with Crippen LogP contribution < -0.4 is 0 Å². The first-order chi connectivity index (χ1) is 8.95. The first kappa shape index (κ1) is 12.5. The van der Waals surface area contributed by atoms with E-state index in [0.717, 1.165) is 24.6 Å². The van der Waals surface area contributed by atoms with E-state index < -0.39 is 11.7 Å². The molecular weight excluding hydrogens is 277 g/mol. The largest absolute Gasteiger partial charge is 0.417 e. The van der Waals surface area contributed by atoms with Crippen molar-refractivity contribution in [3.05, 3.63) is 40.7 Å². The highest BCUT2D eigenvalue weighted by molar-refractivity contribution is 6.31. The third-order valence-electron chi connectivity index (χ3n) is 3.16. The van der Waals surface area contributed by atoms with Crippen LogP contribution in [0.1, 0.15) is 30.0 Å². The molecule has 1 aliphatic carbocycles. The SMILES string of the molecule is FC(F)(F)c1cc(-c2ncc(C3CC3)[nH]2)ccc1Cl. The fraction of sp³-hybridized carbons (Fsp3) is 0.308. The molecule has 1 saturated carbocycles. The lowest BCUT2D eigenvalue weighted by molar-refractivity contribution is -0.137. The van der Waals surface area contributed by atoms with Crippen molar-refractivity contribution in [2.24, 2.45) is 0 Å². The maximum Gasteiger partial charge on any atom is 0.417 e. The van der Waals surface area contributed by atoms with E-state index in [-0.39, 0.29) is 5.02 Å². The molecule has 1 fully saturated rings. The van der Waals surface area contributed by atoms with E-state index in [9.17, 15) is 13.2 Å². The molecule has 19 heavy (non-hydrogen) atoms. The molecule has 1 aliphatic rings. The predicted molar refractivity (Wildman–Crippen MR) is 66.0 cm³/mol. The second kappa shape index (κ2) is 4.27. The number of nitrogens with one attached hydrogen (secondary N) is 1. The van der Waals surface area contributed by atoms with Crippen molar-refractivity contribution < 1.29 is 13.2 Å². The van der Waals surface area contributed by atoms with Crippen LogP contribution in [0.4, 0.5) is 13.2 Å². The molecule has 2 nitrogen and oxygen atoms in total. The summed E-state index contributed by atoms with van der Waals surface area (Å²) < 4.78 is 38.3. The molecule has 100 valence electrons. The van der Waals surface area contributed by atoms with Crippen LogP contribution in [-0.2, 0) is 6.18 Å². The Morgan fingerprint density at radius 2 is 2.00 bits per heavy atom. The van der Waals surface area contributed by atoms with Gasteiger partial charge < -0.3 is 4.98 Å². The van der Waals surface area contributed by atoms with Gasteiger partial charge in [0, 0.05) is 23.4 Å². The minimum Gasteiger partial charge on any atom is -0.342 e. The highest BCUT2D eigenvalue weighted by atomic mass is 35.5. The van der Waals surface area contributed by atoms with Gasteiger partial charge in [-0.3, -0.25) is 0 Å². The van der Waals surface area contributed by atoms with Gasteiger partial charge in [0.15, 0.2) is 0 Å². The van der Waals surface area contributed by atoms with Gasteiger partial charge in [0.1, 0.15) is 5.82 Å². The minimum absolute atomic E-state index is 0.301. The Morgan fingerprint density at radius 3 is 2.63 bits per heavy atom. The van der Waals surface area contributed by atoms with Crippen molar-refractivity contribution in [2.45, 2.75) is 24.9 Å². The number of alkyl halides is 3. The van der Waals surface area contributed by atoms with Crippen molar-refractivity contribution in [3.63, 3.8) is 0 Å². The summed E-state index contributed by atoms with van der Waals surface area (Å²) in [5.41, 5.74) is 0.540. The van der Waals surface area contributed by atoms with Crippen molar-refractivity contribution >= 4 is 11.6 Å². The number of hydrogen-bond donors (Lipinski definition) is 1. The van der Waals surface area contributed by atoms with Crippen LogP contribution in [0.3, 0.4) is 0 Å². The molecule has 0 radical (unpaired) electrons. The van der Waals surface area contributed by atoms with Gasteiger partial charge in [-0.2, -0.15) is 13.2 Å². The first-order valence-corrected chi connectivity index (χ1v) is 6.25. The smallest absolute Gasteiger partial charge is 0.342 e. The van der Waals surface area contributed by atoms with Crippen LogP contribution in [0, 0.1) is 0 Å². The maximum absolute atomic E-state index is 12.8.